The van der Waals surface area contributed by atoms with Crippen molar-refractivity contribution in [1.82, 2.24) is 19.4 Å². The highest BCUT2D eigenvalue weighted by molar-refractivity contribution is 7.98. The van der Waals surface area contributed by atoms with E-state index >= 15 is 0 Å². The summed E-state index contributed by atoms with van der Waals surface area (Å²) in [4.78, 5) is 0.814. The van der Waals surface area contributed by atoms with Crippen molar-refractivity contribution in [2.45, 2.75) is 49.1 Å². The van der Waals surface area contributed by atoms with Gasteiger partial charge in [-0.3, -0.25) is 4.68 Å². The number of nitrogens with zero attached hydrogens (tertiary/aromatic N) is 6. The van der Waals surface area contributed by atoms with Gasteiger partial charge < -0.3 is 10.2 Å². The standard InChI is InChI=1S/C19H21N5O2.C8H6FNS/c1-13-17(14-2-3-18-15(8-20)9-21-23(18)11-14)10-22-24(13)16-4-6-19(26,12-25)7-5-16;1-11-8-3-2-7(9)4-6(8)5-10/h2-3,9-11,16,25-26H,4-7,12H2,1H3;2-4H,1H3. The van der Waals surface area contributed by atoms with Gasteiger partial charge in [-0.1, -0.05) is 6.07 Å². The molecule has 0 saturated heterocycles. The Kier molecular flexibility index (Phi) is 7.94. The van der Waals surface area contributed by atoms with E-state index in [4.69, 9.17) is 10.5 Å². The molecule has 0 radical (unpaired) electrons. The quantitative estimate of drug-likeness (QED) is 0.377. The summed E-state index contributed by atoms with van der Waals surface area (Å²) >= 11 is 1.44. The first kappa shape index (κ1) is 26.4. The maximum atomic E-state index is 12.5. The molecule has 8 nitrogen and oxygen atoms in total. The van der Waals surface area contributed by atoms with Crippen molar-refractivity contribution in [1.29, 1.82) is 10.5 Å². The highest BCUT2D eigenvalue weighted by Gasteiger charge is 2.34. The first-order chi connectivity index (χ1) is 17.8. The first-order valence-corrected chi connectivity index (χ1v) is 13.0. The molecule has 190 valence electrons. The van der Waals surface area contributed by atoms with Crippen LogP contribution in [-0.4, -0.2) is 48.1 Å². The molecule has 4 aromatic rings. The van der Waals surface area contributed by atoms with Crippen LogP contribution in [0, 0.1) is 35.4 Å². The van der Waals surface area contributed by atoms with Crippen LogP contribution in [0.4, 0.5) is 4.39 Å². The molecule has 0 spiro atoms. The second kappa shape index (κ2) is 11.1. The van der Waals surface area contributed by atoms with Crippen molar-refractivity contribution in [3.05, 3.63) is 71.6 Å². The Morgan fingerprint density at radius 3 is 2.49 bits per heavy atom. The van der Waals surface area contributed by atoms with E-state index < -0.39 is 5.60 Å². The van der Waals surface area contributed by atoms with Gasteiger partial charge in [-0.2, -0.15) is 20.7 Å². The van der Waals surface area contributed by atoms with Crippen LogP contribution in [0.3, 0.4) is 0 Å². The van der Waals surface area contributed by atoms with E-state index in [1.165, 1.54) is 23.9 Å². The Balaban J connectivity index is 0.000000245. The average molecular weight is 519 g/mol. The summed E-state index contributed by atoms with van der Waals surface area (Å²) in [5.41, 5.74) is 3.90. The van der Waals surface area contributed by atoms with Gasteiger partial charge in [0.05, 0.1) is 47.3 Å². The normalized spacial score (nSPS) is 19.1. The van der Waals surface area contributed by atoms with Crippen LogP contribution in [0.1, 0.15) is 48.5 Å². The summed E-state index contributed by atoms with van der Waals surface area (Å²) in [6, 6.07) is 12.4. The third-order valence-corrected chi connectivity index (χ3v) is 7.60. The lowest BCUT2D eigenvalue weighted by molar-refractivity contribution is -0.0512. The van der Waals surface area contributed by atoms with Crippen molar-refractivity contribution in [3.63, 3.8) is 0 Å². The number of aromatic nitrogens is 4. The Labute approximate surface area is 218 Å². The van der Waals surface area contributed by atoms with Crippen LogP contribution < -0.4 is 0 Å². The Morgan fingerprint density at radius 1 is 1.11 bits per heavy atom. The van der Waals surface area contributed by atoms with Gasteiger partial charge in [-0.25, -0.2) is 8.91 Å². The van der Waals surface area contributed by atoms with Crippen LogP contribution in [0.25, 0.3) is 16.6 Å². The number of hydrogen-bond acceptors (Lipinski definition) is 7. The molecule has 1 aliphatic rings. The lowest BCUT2D eigenvalue weighted by Gasteiger charge is -2.35. The number of thioether (sulfide) groups is 1. The zero-order valence-corrected chi connectivity index (χ0v) is 21.4. The smallest absolute Gasteiger partial charge is 0.124 e. The molecule has 1 fully saturated rings. The largest absolute Gasteiger partial charge is 0.393 e. The molecule has 3 heterocycles. The first-order valence-electron chi connectivity index (χ1n) is 11.8. The summed E-state index contributed by atoms with van der Waals surface area (Å²) in [6.07, 6.45) is 9.95. The zero-order chi connectivity index (χ0) is 26.6. The van der Waals surface area contributed by atoms with E-state index in [9.17, 15) is 14.6 Å². The van der Waals surface area contributed by atoms with Gasteiger partial charge in [0.2, 0.25) is 0 Å². The van der Waals surface area contributed by atoms with E-state index in [2.05, 4.69) is 16.3 Å². The van der Waals surface area contributed by atoms with E-state index in [-0.39, 0.29) is 18.5 Å². The van der Waals surface area contributed by atoms with Gasteiger partial charge in [0.15, 0.2) is 0 Å². The summed E-state index contributed by atoms with van der Waals surface area (Å²) in [5.74, 6) is -0.362. The molecule has 0 aliphatic heterocycles. The molecular formula is C27H27FN6O2S. The third kappa shape index (κ3) is 5.52. The van der Waals surface area contributed by atoms with Crippen molar-refractivity contribution < 1.29 is 14.6 Å². The van der Waals surface area contributed by atoms with Crippen molar-refractivity contribution in [2.24, 2.45) is 0 Å². The minimum atomic E-state index is -0.941. The van der Waals surface area contributed by atoms with Crippen LogP contribution in [-0.2, 0) is 0 Å². The van der Waals surface area contributed by atoms with E-state index in [1.807, 2.05) is 48.5 Å². The second-order valence-corrected chi connectivity index (χ2v) is 9.92. The Morgan fingerprint density at radius 2 is 1.84 bits per heavy atom. The molecule has 37 heavy (non-hydrogen) atoms. The number of hydrogen-bond donors (Lipinski definition) is 2. The number of benzene rings is 1. The van der Waals surface area contributed by atoms with E-state index in [0.29, 0.717) is 24.0 Å². The fourth-order valence-electron chi connectivity index (χ4n) is 4.61. The van der Waals surface area contributed by atoms with E-state index in [1.54, 1.807) is 16.8 Å². The van der Waals surface area contributed by atoms with Crippen LogP contribution in [0.5, 0.6) is 0 Å². The molecule has 1 aliphatic carbocycles. The maximum absolute atomic E-state index is 12.5. The summed E-state index contributed by atoms with van der Waals surface area (Å²) in [7, 11) is 0. The number of nitriles is 2. The zero-order valence-electron chi connectivity index (χ0n) is 20.6. The fraction of sp³-hybridized carbons (Fsp3) is 0.333. The molecule has 3 aromatic heterocycles. The van der Waals surface area contributed by atoms with Gasteiger partial charge >= 0.3 is 0 Å². The third-order valence-electron chi connectivity index (χ3n) is 6.80. The number of rotatable bonds is 4. The maximum Gasteiger partial charge on any atom is 0.124 e. The van der Waals surface area contributed by atoms with Crippen LogP contribution in [0.15, 0.2) is 53.8 Å². The Bertz CT molecular complexity index is 1490. The number of pyridine rings is 1. The number of fused-ring (bicyclic) bond motifs is 1. The fourth-order valence-corrected chi connectivity index (χ4v) is 5.14. The highest BCUT2D eigenvalue weighted by atomic mass is 32.2. The topological polar surface area (TPSA) is 123 Å². The van der Waals surface area contributed by atoms with Gasteiger partial charge in [-0.15, -0.1) is 11.8 Å². The average Bonchev–Trinajstić information content (AvgIpc) is 3.52. The minimum Gasteiger partial charge on any atom is -0.393 e. The van der Waals surface area contributed by atoms with Crippen molar-refractivity contribution in [3.8, 4) is 23.3 Å². The molecule has 0 bridgehead atoms. The second-order valence-electron chi connectivity index (χ2n) is 9.08. The molecular weight excluding hydrogens is 491 g/mol. The molecule has 10 heteroatoms. The minimum absolute atomic E-state index is 0.183. The number of halogens is 1. The van der Waals surface area contributed by atoms with Gasteiger partial charge in [0, 0.05) is 27.9 Å². The molecule has 2 N–H and O–H groups in total. The molecule has 0 amide bonds. The lowest BCUT2D eigenvalue weighted by atomic mass is 9.83. The molecule has 5 rings (SSSR count). The van der Waals surface area contributed by atoms with Crippen molar-refractivity contribution >= 4 is 17.3 Å². The SMILES string of the molecule is CSc1ccc(F)cc1C#N.Cc1c(-c2ccc3c(C#N)cnn3c2)cnn1C1CCC(O)(CO)CC1. The van der Waals surface area contributed by atoms with E-state index in [0.717, 1.165) is 40.1 Å². The lowest BCUT2D eigenvalue weighted by Crippen LogP contribution is -2.38. The molecule has 1 saturated carbocycles. The number of aliphatic hydroxyl groups excluding tert-OH is 1. The molecule has 0 unspecified atom stereocenters. The van der Waals surface area contributed by atoms with Crippen LogP contribution in [0.2, 0.25) is 0 Å². The Hall–Kier alpha value is -3.70. The molecule has 1 aromatic carbocycles. The predicted molar refractivity (Wildman–Crippen MR) is 138 cm³/mol. The van der Waals surface area contributed by atoms with Gasteiger partial charge in [-0.05, 0) is 63.1 Å². The monoisotopic (exact) mass is 518 g/mol. The van der Waals surface area contributed by atoms with Gasteiger partial charge in [0.1, 0.15) is 18.0 Å². The van der Waals surface area contributed by atoms with Crippen molar-refractivity contribution in [2.75, 3.05) is 12.9 Å². The molecule has 0 atom stereocenters. The summed E-state index contributed by atoms with van der Waals surface area (Å²) in [5, 5.41) is 46.0. The number of aliphatic hydroxyl groups is 2. The summed E-state index contributed by atoms with van der Waals surface area (Å²) in [6.45, 7) is 1.86. The van der Waals surface area contributed by atoms with Crippen LogP contribution >= 0.6 is 11.8 Å². The summed E-state index contributed by atoms with van der Waals surface area (Å²) < 4.78 is 16.3. The van der Waals surface area contributed by atoms with Gasteiger partial charge in [0.25, 0.3) is 0 Å². The highest BCUT2D eigenvalue weighted by Crippen LogP contribution is 2.36. The predicted octanol–water partition coefficient (Wildman–Crippen LogP) is 4.64.